The van der Waals surface area contributed by atoms with Gasteiger partial charge in [-0.15, -0.1) is 0 Å². The molecule has 0 bridgehead atoms. The molecule has 4 rings (SSSR count). The first-order valence-electron chi connectivity index (χ1n) is 9.14. The largest absolute Gasteiger partial charge is 0.497 e. The van der Waals surface area contributed by atoms with E-state index in [-0.39, 0.29) is 12.3 Å². The zero-order valence-corrected chi connectivity index (χ0v) is 15.9. The smallest absolute Gasteiger partial charge is 0.355 e. The second-order valence-electron chi connectivity index (χ2n) is 6.62. The van der Waals surface area contributed by atoms with Gasteiger partial charge in [-0.1, -0.05) is 36.4 Å². The number of hydrogen-bond acceptors (Lipinski definition) is 7. The molecular formula is C21H19N3O5. The number of esters is 1. The lowest BCUT2D eigenvalue weighted by atomic mass is 9.79. The molecule has 0 spiro atoms. The van der Waals surface area contributed by atoms with E-state index in [2.05, 4.69) is 10.5 Å². The minimum absolute atomic E-state index is 0.112. The van der Waals surface area contributed by atoms with Crippen LogP contribution in [0.15, 0.2) is 59.7 Å². The Bertz CT molecular complexity index is 1020. The van der Waals surface area contributed by atoms with Crippen molar-refractivity contribution in [2.75, 3.05) is 18.6 Å². The van der Waals surface area contributed by atoms with Gasteiger partial charge in [0.2, 0.25) is 5.91 Å². The third-order valence-electron chi connectivity index (χ3n) is 5.09. The van der Waals surface area contributed by atoms with Crippen LogP contribution in [0.25, 0.3) is 0 Å². The molecule has 1 saturated heterocycles. The molecule has 0 unspecified atom stereocenters. The summed E-state index contributed by atoms with van der Waals surface area (Å²) in [6.07, 6.45) is 0. The van der Waals surface area contributed by atoms with Crippen molar-refractivity contribution in [3.05, 3.63) is 60.2 Å². The topological polar surface area (TPSA) is 97.3 Å². The number of imide groups is 1. The summed E-state index contributed by atoms with van der Waals surface area (Å²) in [6, 6.07) is 15.4. The number of methoxy groups -OCH3 is 1. The van der Waals surface area contributed by atoms with E-state index in [1.165, 1.54) is 7.11 Å². The van der Waals surface area contributed by atoms with Gasteiger partial charge >= 0.3 is 5.97 Å². The van der Waals surface area contributed by atoms with Gasteiger partial charge in [-0.2, -0.15) is 5.10 Å². The van der Waals surface area contributed by atoms with E-state index in [0.717, 1.165) is 4.90 Å². The van der Waals surface area contributed by atoms with Gasteiger partial charge in [0.1, 0.15) is 11.7 Å². The number of carbonyl (C=O) groups is 3. The fourth-order valence-corrected chi connectivity index (χ4v) is 3.78. The highest BCUT2D eigenvalue weighted by Gasteiger charge is 2.67. The lowest BCUT2D eigenvalue weighted by molar-refractivity contribution is -0.136. The molecule has 2 atom stereocenters. The maximum absolute atomic E-state index is 13.6. The Kier molecular flexibility index (Phi) is 4.54. The van der Waals surface area contributed by atoms with Crippen molar-refractivity contribution in [1.29, 1.82) is 0 Å². The molecule has 2 aliphatic rings. The van der Waals surface area contributed by atoms with Gasteiger partial charge in [-0.3, -0.25) is 15.0 Å². The fraction of sp³-hybridized carbons (Fsp3) is 0.238. The van der Waals surface area contributed by atoms with E-state index in [4.69, 9.17) is 9.47 Å². The minimum Gasteiger partial charge on any atom is -0.497 e. The van der Waals surface area contributed by atoms with E-state index < -0.39 is 29.2 Å². The van der Waals surface area contributed by atoms with Crippen LogP contribution >= 0.6 is 0 Å². The summed E-state index contributed by atoms with van der Waals surface area (Å²) in [5, 5.41) is 4.05. The number of hydrazone groups is 1. The number of amides is 2. The third kappa shape index (κ3) is 2.67. The number of carbonyl (C=O) groups excluding carboxylic acids is 3. The molecule has 148 valence electrons. The summed E-state index contributed by atoms with van der Waals surface area (Å²) >= 11 is 0. The number of hydrogen-bond donors (Lipinski definition) is 1. The molecule has 8 heteroatoms. The number of nitrogens with one attached hydrogen (secondary N) is 1. The van der Waals surface area contributed by atoms with Crippen LogP contribution in [0.4, 0.5) is 5.69 Å². The number of ether oxygens (including phenoxy) is 2. The van der Waals surface area contributed by atoms with Gasteiger partial charge in [0.15, 0.2) is 11.3 Å². The Morgan fingerprint density at radius 3 is 2.62 bits per heavy atom. The molecule has 1 N–H and O–H groups in total. The van der Waals surface area contributed by atoms with Gasteiger partial charge in [0, 0.05) is 6.07 Å². The van der Waals surface area contributed by atoms with Crippen LogP contribution < -0.4 is 15.1 Å². The first-order valence-corrected chi connectivity index (χ1v) is 9.14. The third-order valence-corrected chi connectivity index (χ3v) is 5.09. The van der Waals surface area contributed by atoms with Gasteiger partial charge in [0.25, 0.3) is 5.91 Å². The summed E-state index contributed by atoms with van der Waals surface area (Å²) < 4.78 is 10.3. The lowest BCUT2D eigenvalue weighted by Crippen LogP contribution is -2.48. The normalized spacial score (nSPS) is 22.8. The van der Waals surface area contributed by atoms with Crippen molar-refractivity contribution >= 4 is 29.2 Å². The van der Waals surface area contributed by atoms with Crippen LogP contribution in [0.3, 0.4) is 0 Å². The van der Waals surface area contributed by atoms with E-state index in [1.807, 2.05) is 0 Å². The fourth-order valence-electron chi connectivity index (χ4n) is 3.78. The molecule has 2 heterocycles. The molecule has 2 aromatic rings. The molecule has 0 radical (unpaired) electrons. The molecule has 2 aromatic carbocycles. The molecule has 0 aliphatic carbocycles. The Hall–Kier alpha value is -3.68. The van der Waals surface area contributed by atoms with Crippen LogP contribution in [-0.4, -0.2) is 37.2 Å². The van der Waals surface area contributed by atoms with Crippen molar-refractivity contribution in [2.24, 2.45) is 11.0 Å². The van der Waals surface area contributed by atoms with Crippen molar-refractivity contribution < 1.29 is 23.9 Å². The molecule has 1 fully saturated rings. The predicted octanol–water partition coefficient (Wildman–Crippen LogP) is 1.60. The van der Waals surface area contributed by atoms with Crippen LogP contribution in [-0.2, 0) is 24.7 Å². The molecule has 8 nitrogen and oxygen atoms in total. The monoisotopic (exact) mass is 393 g/mol. The van der Waals surface area contributed by atoms with Crippen LogP contribution in [0.2, 0.25) is 0 Å². The standard InChI is InChI=1S/C21H19N3O5/c1-3-29-19(26)17-16-18(25)24(14-10-7-11-15(12-14)28-2)20(27)21(16,23-22-17)13-8-5-4-6-9-13/h4-12,16,23H,3H2,1-2H3/t16-,21-/m0/s1. The first kappa shape index (κ1) is 18.7. The van der Waals surface area contributed by atoms with Crippen LogP contribution in [0, 0.1) is 5.92 Å². The maximum atomic E-state index is 13.6. The number of rotatable bonds is 5. The average molecular weight is 393 g/mol. The highest BCUT2D eigenvalue weighted by Crippen LogP contribution is 2.45. The predicted molar refractivity (Wildman–Crippen MR) is 104 cm³/mol. The van der Waals surface area contributed by atoms with Crippen LogP contribution in [0.5, 0.6) is 5.75 Å². The van der Waals surface area contributed by atoms with E-state index in [9.17, 15) is 14.4 Å². The second-order valence-corrected chi connectivity index (χ2v) is 6.62. The molecule has 0 saturated carbocycles. The zero-order valence-electron chi connectivity index (χ0n) is 15.9. The average Bonchev–Trinajstić information content (AvgIpc) is 3.25. The van der Waals surface area contributed by atoms with Crippen LogP contribution in [0.1, 0.15) is 12.5 Å². The maximum Gasteiger partial charge on any atom is 0.355 e. The quantitative estimate of drug-likeness (QED) is 0.612. The van der Waals surface area contributed by atoms with Crippen molar-refractivity contribution in [3.63, 3.8) is 0 Å². The summed E-state index contributed by atoms with van der Waals surface area (Å²) in [6.45, 7) is 1.79. The number of fused-ring (bicyclic) bond motifs is 1. The molecule has 2 amide bonds. The van der Waals surface area contributed by atoms with E-state index in [0.29, 0.717) is 17.0 Å². The molecule has 0 aromatic heterocycles. The minimum atomic E-state index is -1.51. The highest BCUT2D eigenvalue weighted by molar-refractivity contribution is 6.47. The zero-order chi connectivity index (χ0) is 20.6. The SMILES string of the molecule is CCOC(=O)C1=NN[C@]2(c3ccccc3)C(=O)N(c3cccc(OC)c3)C(=O)[C@H]12. The lowest BCUT2D eigenvalue weighted by Gasteiger charge is -2.26. The Morgan fingerprint density at radius 1 is 1.17 bits per heavy atom. The Labute approximate surface area is 167 Å². The second kappa shape index (κ2) is 7.05. The summed E-state index contributed by atoms with van der Waals surface area (Å²) in [5.41, 5.74) is 2.06. The summed E-state index contributed by atoms with van der Waals surface area (Å²) in [4.78, 5) is 40.6. The molecule has 2 aliphatic heterocycles. The number of anilines is 1. The molecular weight excluding hydrogens is 374 g/mol. The first-order chi connectivity index (χ1) is 14.0. The van der Waals surface area contributed by atoms with Crippen molar-refractivity contribution in [1.82, 2.24) is 5.43 Å². The summed E-state index contributed by atoms with van der Waals surface area (Å²) in [7, 11) is 1.50. The van der Waals surface area contributed by atoms with Crippen molar-refractivity contribution in [3.8, 4) is 5.75 Å². The van der Waals surface area contributed by atoms with E-state index >= 15 is 0 Å². The summed E-state index contributed by atoms with van der Waals surface area (Å²) in [5.74, 6) is -2.43. The Balaban J connectivity index is 1.86. The Morgan fingerprint density at radius 2 is 1.93 bits per heavy atom. The van der Waals surface area contributed by atoms with Crippen molar-refractivity contribution in [2.45, 2.75) is 12.5 Å². The number of nitrogens with zero attached hydrogens (tertiary/aromatic N) is 2. The van der Waals surface area contributed by atoms with E-state index in [1.54, 1.807) is 61.5 Å². The number of benzene rings is 2. The highest BCUT2D eigenvalue weighted by atomic mass is 16.5. The van der Waals surface area contributed by atoms with Gasteiger partial charge in [-0.25, -0.2) is 9.69 Å². The molecule has 29 heavy (non-hydrogen) atoms. The van der Waals surface area contributed by atoms with Gasteiger partial charge in [0.05, 0.1) is 19.4 Å². The van der Waals surface area contributed by atoms with Gasteiger partial charge < -0.3 is 9.47 Å². The van der Waals surface area contributed by atoms with Gasteiger partial charge in [-0.05, 0) is 24.6 Å².